The van der Waals surface area contributed by atoms with Gasteiger partial charge in [0.2, 0.25) is 5.95 Å². The molecular formula is C14H24N4. The molecule has 1 aromatic rings. The van der Waals surface area contributed by atoms with Gasteiger partial charge in [-0.2, -0.15) is 0 Å². The van der Waals surface area contributed by atoms with Crippen molar-refractivity contribution in [3.05, 3.63) is 18.0 Å². The van der Waals surface area contributed by atoms with Crippen LogP contribution in [0.15, 0.2) is 12.4 Å². The van der Waals surface area contributed by atoms with E-state index in [1.165, 1.54) is 12.8 Å². The van der Waals surface area contributed by atoms with E-state index in [-0.39, 0.29) is 0 Å². The third kappa shape index (κ3) is 3.67. The van der Waals surface area contributed by atoms with Crippen LogP contribution in [0, 0.1) is 12.8 Å². The van der Waals surface area contributed by atoms with Crippen LogP contribution < -0.4 is 10.2 Å². The van der Waals surface area contributed by atoms with Crippen LogP contribution in [-0.4, -0.2) is 35.6 Å². The zero-order valence-electron chi connectivity index (χ0n) is 11.7. The average Bonchev–Trinajstić information content (AvgIpc) is 2.37. The predicted octanol–water partition coefficient (Wildman–Crippen LogP) is 2.00. The summed E-state index contributed by atoms with van der Waals surface area (Å²) in [7, 11) is 0. The van der Waals surface area contributed by atoms with Gasteiger partial charge < -0.3 is 10.2 Å². The van der Waals surface area contributed by atoms with Crippen molar-refractivity contribution in [2.45, 2.75) is 39.7 Å². The van der Waals surface area contributed by atoms with Crippen molar-refractivity contribution < 1.29 is 0 Å². The summed E-state index contributed by atoms with van der Waals surface area (Å²) in [6.45, 7) is 9.67. The maximum Gasteiger partial charge on any atom is 0.225 e. The Morgan fingerprint density at radius 1 is 1.39 bits per heavy atom. The molecule has 1 N–H and O–H groups in total. The van der Waals surface area contributed by atoms with Crippen molar-refractivity contribution in [3.63, 3.8) is 0 Å². The third-order valence-electron chi connectivity index (χ3n) is 3.38. The highest BCUT2D eigenvalue weighted by Gasteiger charge is 2.21. The second-order valence-corrected chi connectivity index (χ2v) is 5.58. The van der Waals surface area contributed by atoms with Gasteiger partial charge >= 0.3 is 0 Å². The van der Waals surface area contributed by atoms with Gasteiger partial charge in [0.15, 0.2) is 0 Å². The topological polar surface area (TPSA) is 41.1 Å². The Labute approximate surface area is 110 Å². The zero-order valence-corrected chi connectivity index (χ0v) is 11.7. The molecule has 1 aromatic heterocycles. The lowest BCUT2D eigenvalue weighted by Gasteiger charge is -2.33. The molecule has 1 unspecified atom stereocenters. The standard InChI is InChI=1S/C14H24N4/c1-11(2)15-9-13-5-4-6-18(10-13)14-16-7-12(3)8-17-14/h7-8,11,13,15H,4-6,9-10H2,1-3H3. The fourth-order valence-corrected chi connectivity index (χ4v) is 2.36. The molecule has 2 heterocycles. The number of aromatic nitrogens is 2. The number of piperidine rings is 1. The largest absolute Gasteiger partial charge is 0.341 e. The first-order valence-corrected chi connectivity index (χ1v) is 6.92. The highest BCUT2D eigenvalue weighted by Crippen LogP contribution is 2.19. The molecule has 4 heteroatoms. The summed E-state index contributed by atoms with van der Waals surface area (Å²) in [5.41, 5.74) is 1.12. The van der Waals surface area contributed by atoms with Crippen LogP contribution in [0.1, 0.15) is 32.3 Å². The van der Waals surface area contributed by atoms with Gasteiger partial charge in [-0.15, -0.1) is 0 Å². The molecule has 1 atom stereocenters. The van der Waals surface area contributed by atoms with Gasteiger partial charge in [0.1, 0.15) is 0 Å². The second-order valence-electron chi connectivity index (χ2n) is 5.58. The van der Waals surface area contributed by atoms with E-state index >= 15 is 0 Å². The Kier molecular flexibility index (Phi) is 4.53. The summed E-state index contributed by atoms with van der Waals surface area (Å²) in [5, 5.41) is 3.53. The number of hydrogen-bond acceptors (Lipinski definition) is 4. The molecule has 4 nitrogen and oxygen atoms in total. The van der Waals surface area contributed by atoms with Gasteiger partial charge in [0, 0.05) is 31.5 Å². The van der Waals surface area contributed by atoms with Gasteiger partial charge in [0.05, 0.1) is 0 Å². The van der Waals surface area contributed by atoms with E-state index in [4.69, 9.17) is 0 Å². The molecule has 18 heavy (non-hydrogen) atoms. The van der Waals surface area contributed by atoms with E-state index in [1.807, 2.05) is 19.3 Å². The Morgan fingerprint density at radius 3 is 2.78 bits per heavy atom. The molecule has 100 valence electrons. The fourth-order valence-electron chi connectivity index (χ4n) is 2.36. The summed E-state index contributed by atoms with van der Waals surface area (Å²) in [5.74, 6) is 1.60. The summed E-state index contributed by atoms with van der Waals surface area (Å²) in [6.07, 6.45) is 6.35. The summed E-state index contributed by atoms with van der Waals surface area (Å²) in [4.78, 5) is 11.2. The number of anilines is 1. The highest BCUT2D eigenvalue weighted by molar-refractivity contribution is 5.30. The summed E-state index contributed by atoms with van der Waals surface area (Å²) >= 11 is 0. The molecule has 0 aliphatic carbocycles. The first kappa shape index (κ1) is 13.3. The van der Waals surface area contributed by atoms with Crippen LogP contribution in [0.25, 0.3) is 0 Å². The Hall–Kier alpha value is -1.16. The second kappa shape index (κ2) is 6.14. The monoisotopic (exact) mass is 248 g/mol. The molecule has 0 spiro atoms. The number of nitrogens with one attached hydrogen (secondary N) is 1. The molecular weight excluding hydrogens is 224 g/mol. The van der Waals surface area contributed by atoms with Crippen LogP contribution >= 0.6 is 0 Å². The van der Waals surface area contributed by atoms with E-state index < -0.39 is 0 Å². The van der Waals surface area contributed by atoms with Crippen LogP contribution in [0.2, 0.25) is 0 Å². The average molecular weight is 248 g/mol. The quantitative estimate of drug-likeness (QED) is 0.885. The van der Waals surface area contributed by atoms with Crippen molar-refractivity contribution in [2.75, 3.05) is 24.5 Å². The van der Waals surface area contributed by atoms with Crippen LogP contribution in [0.3, 0.4) is 0 Å². The van der Waals surface area contributed by atoms with E-state index in [2.05, 4.69) is 34.0 Å². The molecule has 1 aliphatic heterocycles. The lowest BCUT2D eigenvalue weighted by atomic mass is 9.98. The van der Waals surface area contributed by atoms with Crippen LogP contribution in [0.5, 0.6) is 0 Å². The molecule has 1 saturated heterocycles. The van der Waals surface area contributed by atoms with Gasteiger partial charge in [-0.1, -0.05) is 13.8 Å². The molecule has 0 aromatic carbocycles. The normalized spacial score (nSPS) is 20.4. The third-order valence-corrected chi connectivity index (χ3v) is 3.38. The minimum atomic E-state index is 0.566. The van der Waals surface area contributed by atoms with E-state index in [0.717, 1.165) is 31.1 Å². The van der Waals surface area contributed by atoms with Crippen LogP contribution in [-0.2, 0) is 0 Å². The minimum Gasteiger partial charge on any atom is -0.341 e. The molecule has 0 saturated carbocycles. The van der Waals surface area contributed by atoms with E-state index in [0.29, 0.717) is 12.0 Å². The van der Waals surface area contributed by atoms with Gasteiger partial charge in [0.25, 0.3) is 0 Å². The maximum absolute atomic E-state index is 4.43. The SMILES string of the molecule is Cc1cnc(N2CCCC(CNC(C)C)C2)nc1. The first-order chi connectivity index (χ1) is 8.65. The van der Waals surface area contributed by atoms with Gasteiger partial charge in [-0.25, -0.2) is 9.97 Å². The molecule has 0 radical (unpaired) electrons. The Balaban J connectivity index is 1.91. The van der Waals surface area contributed by atoms with Gasteiger partial charge in [-0.05, 0) is 37.8 Å². The van der Waals surface area contributed by atoms with Crippen molar-refractivity contribution in [1.82, 2.24) is 15.3 Å². The van der Waals surface area contributed by atoms with Gasteiger partial charge in [-0.3, -0.25) is 0 Å². The summed E-state index contributed by atoms with van der Waals surface area (Å²) < 4.78 is 0. The van der Waals surface area contributed by atoms with Crippen LogP contribution in [0.4, 0.5) is 5.95 Å². The number of rotatable bonds is 4. The molecule has 0 amide bonds. The number of aryl methyl sites for hydroxylation is 1. The van der Waals surface area contributed by atoms with E-state index in [9.17, 15) is 0 Å². The number of nitrogens with zero attached hydrogens (tertiary/aromatic N) is 3. The molecule has 0 bridgehead atoms. The first-order valence-electron chi connectivity index (χ1n) is 6.92. The Bertz CT molecular complexity index is 361. The highest BCUT2D eigenvalue weighted by atomic mass is 15.3. The van der Waals surface area contributed by atoms with E-state index in [1.54, 1.807) is 0 Å². The minimum absolute atomic E-state index is 0.566. The van der Waals surface area contributed by atoms with Crippen molar-refractivity contribution >= 4 is 5.95 Å². The van der Waals surface area contributed by atoms with Crippen molar-refractivity contribution in [1.29, 1.82) is 0 Å². The fraction of sp³-hybridized carbons (Fsp3) is 0.714. The van der Waals surface area contributed by atoms with Crippen molar-refractivity contribution in [2.24, 2.45) is 5.92 Å². The zero-order chi connectivity index (χ0) is 13.0. The lowest BCUT2D eigenvalue weighted by molar-refractivity contribution is 0.377. The number of hydrogen-bond donors (Lipinski definition) is 1. The smallest absolute Gasteiger partial charge is 0.225 e. The predicted molar refractivity (Wildman–Crippen MR) is 74.8 cm³/mol. The molecule has 2 rings (SSSR count). The lowest BCUT2D eigenvalue weighted by Crippen LogP contribution is -2.41. The maximum atomic E-state index is 4.43. The summed E-state index contributed by atoms with van der Waals surface area (Å²) in [6, 6.07) is 0.566. The van der Waals surface area contributed by atoms with Crippen molar-refractivity contribution in [3.8, 4) is 0 Å². The molecule has 1 fully saturated rings. The molecule has 1 aliphatic rings. The Morgan fingerprint density at radius 2 is 2.11 bits per heavy atom.